The monoisotopic (exact) mass is 237 g/mol. The molecule has 1 aliphatic heterocycles. The molecule has 3 N–H and O–H groups in total. The molecule has 1 aliphatic rings. The molecule has 0 unspecified atom stereocenters. The highest BCUT2D eigenvalue weighted by atomic mass is 32.2. The second-order valence-corrected chi connectivity index (χ2v) is 5.38. The van der Waals surface area contributed by atoms with Crippen LogP contribution in [0, 0.1) is 0 Å². The molecule has 6 nitrogen and oxygen atoms in total. The molecule has 0 aromatic rings. The maximum Gasteiger partial charge on any atom is 0.279 e. The third-order valence-electron chi connectivity index (χ3n) is 2.43. The molecule has 0 spiro atoms. The highest BCUT2D eigenvalue weighted by Gasteiger charge is 2.25. The summed E-state index contributed by atoms with van der Waals surface area (Å²) in [5, 5.41) is 0. The number of piperidine rings is 1. The molecule has 0 aromatic carbocycles. The van der Waals surface area contributed by atoms with Gasteiger partial charge in [-0.25, -0.2) is 0 Å². The second-order valence-electron chi connectivity index (χ2n) is 3.63. The maximum atomic E-state index is 11.7. The first-order chi connectivity index (χ1) is 7.06. The van der Waals surface area contributed by atoms with Crippen molar-refractivity contribution in [3.8, 4) is 0 Å². The van der Waals surface area contributed by atoms with Gasteiger partial charge in [0.25, 0.3) is 10.2 Å². The summed E-state index contributed by atoms with van der Waals surface area (Å²) >= 11 is 0. The van der Waals surface area contributed by atoms with Crippen LogP contribution in [-0.2, 0) is 14.9 Å². The number of ether oxygens (including phenoxy) is 1. The lowest BCUT2D eigenvalue weighted by atomic mass is 10.1. The van der Waals surface area contributed by atoms with Crippen LogP contribution >= 0.6 is 0 Å². The van der Waals surface area contributed by atoms with Crippen LogP contribution in [0.1, 0.15) is 12.8 Å². The molecule has 0 atom stereocenters. The Kier molecular flexibility index (Phi) is 4.94. The molecule has 0 amide bonds. The summed E-state index contributed by atoms with van der Waals surface area (Å²) in [4.78, 5) is 0. The van der Waals surface area contributed by atoms with Crippen molar-refractivity contribution in [1.29, 1.82) is 0 Å². The molecule has 1 rings (SSSR count). The van der Waals surface area contributed by atoms with E-state index in [2.05, 4.69) is 4.72 Å². The van der Waals surface area contributed by atoms with E-state index in [0.29, 0.717) is 26.2 Å². The highest BCUT2D eigenvalue weighted by molar-refractivity contribution is 7.87. The zero-order valence-corrected chi connectivity index (χ0v) is 9.79. The van der Waals surface area contributed by atoms with Crippen molar-refractivity contribution in [3.05, 3.63) is 0 Å². The van der Waals surface area contributed by atoms with Crippen molar-refractivity contribution in [2.24, 2.45) is 5.73 Å². The summed E-state index contributed by atoms with van der Waals surface area (Å²) in [5.41, 5.74) is 5.70. The van der Waals surface area contributed by atoms with Crippen LogP contribution in [0.15, 0.2) is 0 Å². The Morgan fingerprint density at radius 1 is 1.47 bits per heavy atom. The lowest BCUT2D eigenvalue weighted by Crippen LogP contribution is -2.48. The van der Waals surface area contributed by atoms with E-state index in [1.54, 1.807) is 0 Å². The fourth-order valence-corrected chi connectivity index (χ4v) is 2.70. The zero-order chi connectivity index (χ0) is 11.3. The summed E-state index contributed by atoms with van der Waals surface area (Å²) in [5.74, 6) is 0. The molecule has 0 aliphatic carbocycles. The fourth-order valence-electron chi connectivity index (χ4n) is 1.48. The van der Waals surface area contributed by atoms with Gasteiger partial charge in [0.15, 0.2) is 0 Å². The van der Waals surface area contributed by atoms with Crippen LogP contribution in [-0.4, -0.2) is 52.1 Å². The van der Waals surface area contributed by atoms with Gasteiger partial charge in [0.05, 0.1) is 6.61 Å². The van der Waals surface area contributed by atoms with Gasteiger partial charge in [0.1, 0.15) is 0 Å². The Balaban J connectivity index is 2.40. The van der Waals surface area contributed by atoms with Gasteiger partial charge in [0, 0.05) is 32.8 Å². The number of rotatable bonds is 5. The molecule has 0 radical (unpaired) electrons. The lowest BCUT2D eigenvalue weighted by molar-refractivity contribution is 0.203. The van der Waals surface area contributed by atoms with Crippen molar-refractivity contribution >= 4 is 10.2 Å². The Bertz CT molecular complexity index is 273. The van der Waals surface area contributed by atoms with E-state index < -0.39 is 10.2 Å². The van der Waals surface area contributed by atoms with E-state index in [1.807, 2.05) is 0 Å². The number of hydrogen-bond donors (Lipinski definition) is 2. The van der Waals surface area contributed by atoms with E-state index in [1.165, 1.54) is 11.4 Å². The second kappa shape index (κ2) is 5.76. The summed E-state index contributed by atoms with van der Waals surface area (Å²) in [6.45, 7) is 1.70. The topological polar surface area (TPSA) is 84.7 Å². The quantitative estimate of drug-likeness (QED) is 0.594. The van der Waals surface area contributed by atoms with E-state index >= 15 is 0 Å². The molecule has 7 heteroatoms. The van der Waals surface area contributed by atoms with Crippen LogP contribution in [0.4, 0.5) is 0 Å². The molecule has 0 saturated carbocycles. The largest absolute Gasteiger partial charge is 0.383 e. The van der Waals surface area contributed by atoms with Crippen molar-refractivity contribution in [3.63, 3.8) is 0 Å². The van der Waals surface area contributed by atoms with E-state index in [0.717, 1.165) is 12.8 Å². The first kappa shape index (κ1) is 12.9. The van der Waals surface area contributed by atoms with Gasteiger partial charge < -0.3 is 10.5 Å². The van der Waals surface area contributed by atoms with Crippen molar-refractivity contribution in [2.75, 3.05) is 33.4 Å². The van der Waals surface area contributed by atoms with E-state index in [9.17, 15) is 8.42 Å². The minimum Gasteiger partial charge on any atom is -0.383 e. The molecule has 1 saturated heterocycles. The Labute approximate surface area is 90.9 Å². The molecular weight excluding hydrogens is 218 g/mol. The van der Waals surface area contributed by atoms with Crippen LogP contribution < -0.4 is 10.5 Å². The summed E-state index contributed by atoms with van der Waals surface area (Å²) in [6, 6.07) is 0.135. The minimum atomic E-state index is -3.33. The van der Waals surface area contributed by atoms with E-state index in [4.69, 9.17) is 10.5 Å². The third-order valence-corrected chi connectivity index (χ3v) is 4.04. The molecule has 15 heavy (non-hydrogen) atoms. The smallest absolute Gasteiger partial charge is 0.279 e. The molecular formula is C8H19N3O3S. The van der Waals surface area contributed by atoms with Crippen molar-refractivity contribution in [1.82, 2.24) is 9.03 Å². The van der Waals surface area contributed by atoms with Crippen LogP contribution in [0.5, 0.6) is 0 Å². The van der Waals surface area contributed by atoms with E-state index in [-0.39, 0.29) is 6.04 Å². The number of nitrogens with two attached hydrogens (primary N) is 1. The van der Waals surface area contributed by atoms with Crippen LogP contribution in [0.2, 0.25) is 0 Å². The van der Waals surface area contributed by atoms with Crippen molar-refractivity contribution in [2.45, 2.75) is 18.9 Å². The predicted octanol–water partition coefficient (Wildman–Crippen LogP) is -1.11. The van der Waals surface area contributed by atoms with Gasteiger partial charge in [-0.3, -0.25) is 0 Å². The van der Waals surface area contributed by atoms with Gasteiger partial charge >= 0.3 is 0 Å². The van der Waals surface area contributed by atoms with Gasteiger partial charge in [0.2, 0.25) is 0 Å². The highest BCUT2D eigenvalue weighted by Crippen LogP contribution is 2.10. The number of nitrogens with one attached hydrogen (secondary N) is 1. The average molecular weight is 237 g/mol. The summed E-state index contributed by atoms with van der Waals surface area (Å²) in [6.07, 6.45) is 1.45. The molecule has 1 fully saturated rings. The normalized spacial score (nSPS) is 20.7. The SMILES string of the molecule is COCCNS(=O)(=O)N1CCC(N)CC1. The first-order valence-corrected chi connectivity index (χ1v) is 6.49. The van der Waals surface area contributed by atoms with Crippen LogP contribution in [0.25, 0.3) is 0 Å². The standard InChI is InChI=1S/C8H19N3O3S/c1-14-7-4-10-15(12,13)11-5-2-8(9)3-6-11/h8,10H,2-7,9H2,1H3. The number of methoxy groups -OCH3 is 1. The zero-order valence-electron chi connectivity index (χ0n) is 8.98. The number of hydrogen-bond acceptors (Lipinski definition) is 4. The Morgan fingerprint density at radius 3 is 2.60 bits per heavy atom. The van der Waals surface area contributed by atoms with Gasteiger partial charge in [-0.05, 0) is 12.8 Å². The first-order valence-electron chi connectivity index (χ1n) is 5.05. The fraction of sp³-hybridized carbons (Fsp3) is 1.00. The van der Waals surface area contributed by atoms with Crippen molar-refractivity contribution < 1.29 is 13.2 Å². The molecule has 90 valence electrons. The van der Waals surface area contributed by atoms with Crippen LogP contribution in [0.3, 0.4) is 0 Å². The summed E-state index contributed by atoms with van der Waals surface area (Å²) in [7, 11) is -1.80. The van der Waals surface area contributed by atoms with Gasteiger partial charge in [-0.1, -0.05) is 0 Å². The molecule has 0 aromatic heterocycles. The minimum absolute atomic E-state index is 0.135. The lowest BCUT2D eigenvalue weighted by Gasteiger charge is -2.29. The molecule has 0 bridgehead atoms. The third kappa shape index (κ3) is 4.04. The Hall–Kier alpha value is -0.210. The predicted molar refractivity (Wildman–Crippen MR) is 57.6 cm³/mol. The van der Waals surface area contributed by atoms with Gasteiger partial charge in [-0.15, -0.1) is 0 Å². The number of nitrogens with zero attached hydrogens (tertiary/aromatic N) is 1. The maximum absolute atomic E-state index is 11.7. The Morgan fingerprint density at radius 2 is 2.07 bits per heavy atom. The van der Waals surface area contributed by atoms with Gasteiger partial charge in [-0.2, -0.15) is 17.4 Å². The molecule has 1 heterocycles. The average Bonchev–Trinajstić information content (AvgIpc) is 2.18. The summed E-state index contributed by atoms with van der Waals surface area (Å²) < 4.78 is 32.1.